The summed E-state index contributed by atoms with van der Waals surface area (Å²) < 4.78 is 43.5. The van der Waals surface area contributed by atoms with E-state index in [0.717, 1.165) is 29.1 Å². The maximum Gasteiger partial charge on any atom is 0.166 e. The molecule has 0 unspecified atom stereocenters. The molecule has 2 aromatic carbocycles. The lowest BCUT2D eigenvalue weighted by atomic mass is 10.0. The summed E-state index contributed by atoms with van der Waals surface area (Å²) in [7, 11) is 0. The van der Waals surface area contributed by atoms with Gasteiger partial charge >= 0.3 is 0 Å². The molecule has 3 aromatic heterocycles. The monoisotopic (exact) mass is 433 g/mol. The molecule has 1 aliphatic heterocycles. The van der Waals surface area contributed by atoms with E-state index in [-0.39, 0.29) is 11.9 Å². The van der Waals surface area contributed by atoms with Crippen LogP contribution in [0.3, 0.4) is 0 Å². The molecule has 1 aliphatic rings. The van der Waals surface area contributed by atoms with E-state index in [4.69, 9.17) is 4.98 Å². The molecule has 1 atom stereocenters. The van der Waals surface area contributed by atoms with E-state index in [2.05, 4.69) is 10.1 Å². The fourth-order valence-corrected chi connectivity index (χ4v) is 4.59. The Morgan fingerprint density at radius 1 is 0.969 bits per heavy atom. The number of aromatic amines is 1. The van der Waals surface area contributed by atoms with Gasteiger partial charge in [0.25, 0.3) is 0 Å². The van der Waals surface area contributed by atoms with Gasteiger partial charge in [-0.15, -0.1) is 0 Å². The van der Waals surface area contributed by atoms with Crippen LogP contribution in [-0.2, 0) is 0 Å². The molecule has 0 amide bonds. The molecule has 0 radical (unpaired) electrons. The van der Waals surface area contributed by atoms with Crippen molar-refractivity contribution in [2.75, 3.05) is 11.4 Å². The van der Waals surface area contributed by atoms with Gasteiger partial charge in [-0.05, 0) is 61.4 Å². The van der Waals surface area contributed by atoms with Crippen molar-refractivity contribution in [1.82, 2.24) is 19.6 Å². The van der Waals surface area contributed by atoms with E-state index >= 15 is 0 Å². The maximum atomic E-state index is 14.5. The molecule has 160 valence electrons. The first-order valence-electron chi connectivity index (χ1n) is 10.4. The topological polar surface area (TPSA) is 49.2 Å². The number of rotatable bonds is 3. The molecule has 5 nitrogen and oxygen atoms in total. The van der Waals surface area contributed by atoms with Gasteiger partial charge in [0.15, 0.2) is 5.65 Å². The first kappa shape index (κ1) is 18.9. The van der Waals surface area contributed by atoms with E-state index in [1.165, 1.54) is 24.3 Å². The fourth-order valence-electron chi connectivity index (χ4n) is 4.59. The Morgan fingerprint density at radius 2 is 1.81 bits per heavy atom. The Bertz CT molecular complexity index is 1470. The van der Waals surface area contributed by atoms with E-state index in [1.807, 2.05) is 17.0 Å². The van der Waals surface area contributed by atoms with Crippen LogP contribution >= 0.6 is 0 Å². The quantitative estimate of drug-likeness (QED) is 0.401. The molecule has 0 aliphatic carbocycles. The van der Waals surface area contributed by atoms with Crippen molar-refractivity contribution in [1.29, 1.82) is 0 Å². The molecule has 6 rings (SSSR count). The summed E-state index contributed by atoms with van der Waals surface area (Å²) in [5.74, 6) is -0.506. The highest BCUT2D eigenvalue weighted by Gasteiger charge is 2.30. The van der Waals surface area contributed by atoms with Gasteiger partial charge in [0.1, 0.15) is 23.3 Å². The lowest BCUT2D eigenvalue weighted by Gasteiger charge is -2.26. The van der Waals surface area contributed by atoms with Crippen molar-refractivity contribution in [2.45, 2.75) is 18.9 Å². The second-order valence-electron chi connectivity index (χ2n) is 8.04. The number of benzene rings is 2. The van der Waals surface area contributed by atoms with Crippen LogP contribution in [0.5, 0.6) is 0 Å². The second-order valence-corrected chi connectivity index (χ2v) is 8.04. The summed E-state index contributed by atoms with van der Waals surface area (Å²) in [6.45, 7) is 0.693. The number of nitrogens with zero attached hydrogens (tertiary/aromatic N) is 4. The Hall–Kier alpha value is -3.81. The van der Waals surface area contributed by atoms with Gasteiger partial charge in [-0.25, -0.2) is 22.7 Å². The number of anilines is 1. The minimum absolute atomic E-state index is 0.289. The summed E-state index contributed by atoms with van der Waals surface area (Å²) in [6.07, 6.45) is 5.09. The van der Waals surface area contributed by atoms with Crippen LogP contribution in [0.1, 0.15) is 24.4 Å². The molecule has 0 saturated carbocycles. The van der Waals surface area contributed by atoms with E-state index in [1.54, 1.807) is 23.0 Å². The molecule has 8 heteroatoms. The number of halogens is 3. The van der Waals surface area contributed by atoms with Crippen molar-refractivity contribution in [3.8, 4) is 11.3 Å². The first-order valence-corrected chi connectivity index (χ1v) is 10.4. The van der Waals surface area contributed by atoms with Crippen molar-refractivity contribution < 1.29 is 13.2 Å². The standard InChI is InChI=1S/C24H18F3N5/c25-15-5-6-19(27)17(11-15)22-2-1-8-31(22)23-7-9-32-24(30-23)18(13-28-32)21-10-14-3-4-16(26)12-20(14)29-21/h3-7,9-13,22,29H,1-2,8H2/t22-/m1/s1. The third-order valence-corrected chi connectivity index (χ3v) is 6.09. The smallest absolute Gasteiger partial charge is 0.166 e. The minimum Gasteiger partial charge on any atom is -0.354 e. The van der Waals surface area contributed by atoms with Crippen LogP contribution in [0.2, 0.25) is 0 Å². The van der Waals surface area contributed by atoms with Gasteiger partial charge in [-0.1, -0.05) is 0 Å². The van der Waals surface area contributed by atoms with Crippen molar-refractivity contribution in [3.05, 3.63) is 83.9 Å². The first-order chi connectivity index (χ1) is 15.6. The summed E-state index contributed by atoms with van der Waals surface area (Å²) >= 11 is 0. The van der Waals surface area contributed by atoms with Crippen LogP contribution in [0.4, 0.5) is 19.0 Å². The predicted octanol–water partition coefficient (Wildman–Crippen LogP) is 5.64. The lowest BCUT2D eigenvalue weighted by molar-refractivity contribution is 0.560. The number of nitrogens with one attached hydrogen (secondary N) is 1. The highest BCUT2D eigenvalue weighted by molar-refractivity contribution is 5.88. The average molecular weight is 433 g/mol. The Balaban J connectivity index is 1.43. The number of hydrogen-bond acceptors (Lipinski definition) is 3. The van der Waals surface area contributed by atoms with Gasteiger partial charge in [-0.2, -0.15) is 5.10 Å². The van der Waals surface area contributed by atoms with Crippen LogP contribution in [0, 0.1) is 17.5 Å². The molecule has 1 N–H and O–H groups in total. The molecular weight excluding hydrogens is 415 g/mol. The third-order valence-electron chi connectivity index (χ3n) is 6.09. The molecular formula is C24H18F3N5. The highest BCUT2D eigenvalue weighted by atomic mass is 19.1. The Labute approximate surface area is 181 Å². The van der Waals surface area contributed by atoms with Crippen LogP contribution in [-0.4, -0.2) is 26.1 Å². The molecule has 5 aromatic rings. The molecule has 1 saturated heterocycles. The number of aromatic nitrogens is 4. The zero-order chi connectivity index (χ0) is 21.8. The Kier molecular flexibility index (Phi) is 4.21. The van der Waals surface area contributed by atoms with Crippen molar-refractivity contribution >= 4 is 22.4 Å². The highest BCUT2D eigenvalue weighted by Crippen LogP contribution is 2.37. The van der Waals surface area contributed by atoms with Crippen LogP contribution in [0.25, 0.3) is 27.8 Å². The van der Waals surface area contributed by atoms with Gasteiger partial charge in [0.2, 0.25) is 0 Å². The SMILES string of the molecule is Fc1ccc(F)c([C@H]2CCCN2c2ccn3ncc(-c4cc5ccc(F)cc5[nH]4)c3n2)c1. The fraction of sp³-hybridized carbons (Fsp3) is 0.167. The van der Waals surface area contributed by atoms with Gasteiger partial charge in [0.05, 0.1) is 23.5 Å². The zero-order valence-corrected chi connectivity index (χ0v) is 16.9. The van der Waals surface area contributed by atoms with E-state index in [9.17, 15) is 13.2 Å². The third kappa shape index (κ3) is 3.02. The summed E-state index contributed by atoms with van der Waals surface area (Å²) in [4.78, 5) is 10.1. The van der Waals surface area contributed by atoms with Gasteiger partial charge in [-0.3, -0.25) is 0 Å². The zero-order valence-electron chi connectivity index (χ0n) is 16.9. The number of hydrogen-bond donors (Lipinski definition) is 1. The maximum absolute atomic E-state index is 14.5. The van der Waals surface area contributed by atoms with Crippen LogP contribution in [0.15, 0.2) is 60.9 Å². The summed E-state index contributed by atoms with van der Waals surface area (Å²) in [6, 6.07) is 11.6. The number of fused-ring (bicyclic) bond motifs is 2. The predicted molar refractivity (Wildman–Crippen MR) is 116 cm³/mol. The lowest BCUT2D eigenvalue weighted by Crippen LogP contribution is -2.24. The largest absolute Gasteiger partial charge is 0.354 e. The average Bonchev–Trinajstić information content (AvgIpc) is 3.52. The second kappa shape index (κ2) is 7.12. The molecule has 0 bridgehead atoms. The van der Waals surface area contributed by atoms with Gasteiger partial charge in [0, 0.05) is 29.2 Å². The van der Waals surface area contributed by atoms with Crippen LogP contribution < -0.4 is 4.90 Å². The van der Waals surface area contributed by atoms with Crippen molar-refractivity contribution in [2.24, 2.45) is 0 Å². The van der Waals surface area contributed by atoms with E-state index in [0.29, 0.717) is 35.5 Å². The molecule has 1 fully saturated rings. The summed E-state index contributed by atoms with van der Waals surface area (Å²) in [5.41, 5.74) is 3.21. The van der Waals surface area contributed by atoms with Gasteiger partial charge < -0.3 is 9.88 Å². The molecule has 4 heterocycles. The molecule has 32 heavy (non-hydrogen) atoms. The minimum atomic E-state index is -0.454. The summed E-state index contributed by atoms with van der Waals surface area (Å²) in [5, 5.41) is 5.27. The van der Waals surface area contributed by atoms with E-state index < -0.39 is 11.6 Å². The van der Waals surface area contributed by atoms with Crippen molar-refractivity contribution in [3.63, 3.8) is 0 Å². The Morgan fingerprint density at radius 3 is 2.72 bits per heavy atom. The number of H-pyrrole nitrogens is 1. The normalized spacial score (nSPS) is 16.5. The molecule has 0 spiro atoms.